The number of aliphatic hydroxyl groups excluding tert-OH is 1. The lowest BCUT2D eigenvalue weighted by atomic mass is 10.0. The first-order valence-electron chi connectivity index (χ1n) is 6.93. The average Bonchev–Trinajstić information content (AvgIpc) is 2.77. The Bertz CT molecular complexity index is 639. The Morgan fingerprint density at radius 2 is 1.81 bits per heavy atom. The van der Waals surface area contributed by atoms with Crippen LogP contribution in [0.4, 0.5) is 0 Å². The number of rotatable bonds is 5. The van der Waals surface area contributed by atoms with Gasteiger partial charge in [0.05, 0.1) is 11.5 Å². The minimum Gasteiger partial charge on any atom is -0.392 e. The largest absolute Gasteiger partial charge is 0.392 e. The molecule has 118 valence electrons. The number of nitrogens with one attached hydrogen (secondary N) is 1. The Kier molecular flexibility index (Phi) is 4.17. The minimum absolute atomic E-state index is 0.131. The van der Waals surface area contributed by atoms with Crippen LogP contribution >= 0.6 is 11.6 Å². The van der Waals surface area contributed by atoms with Crippen LogP contribution in [0.2, 0.25) is 5.02 Å². The lowest BCUT2D eigenvalue weighted by Crippen LogP contribution is -2.27. The molecule has 0 aliphatic heterocycles. The number of benzene rings is 1. The van der Waals surface area contributed by atoms with Crippen LogP contribution in [-0.4, -0.2) is 20.1 Å². The van der Waals surface area contributed by atoms with E-state index in [1.54, 1.807) is 0 Å². The summed E-state index contributed by atoms with van der Waals surface area (Å²) in [6.45, 7) is 8.73. The van der Waals surface area contributed by atoms with E-state index < -0.39 is 10.0 Å². The number of hydrogen-bond acceptors (Lipinski definition) is 3. The van der Waals surface area contributed by atoms with Gasteiger partial charge in [0.15, 0.2) is 0 Å². The Labute approximate surface area is 131 Å². The molecular formula is C15H22ClNO3S. The molecule has 1 saturated carbocycles. The summed E-state index contributed by atoms with van der Waals surface area (Å²) < 4.78 is 27.3. The highest BCUT2D eigenvalue weighted by Gasteiger charge is 2.64. The Morgan fingerprint density at radius 3 is 2.29 bits per heavy atom. The smallest absolute Gasteiger partial charge is 0.240 e. The Balaban J connectivity index is 2.13. The van der Waals surface area contributed by atoms with Gasteiger partial charge in [-0.1, -0.05) is 39.3 Å². The van der Waals surface area contributed by atoms with Crippen LogP contribution < -0.4 is 4.72 Å². The van der Waals surface area contributed by atoms with E-state index in [2.05, 4.69) is 32.4 Å². The van der Waals surface area contributed by atoms with E-state index in [9.17, 15) is 13.5 Å². The molecule has 0 spiro atoms. The minimum atomic E-state index is -3.58. The second kappa shape index (κ2) is 5.23. The van der Waals surface area contributed by atoms with E-state index in [0.29, 0.717) is 23.0 Å². The Hall–Kier alpha value is -0.620. The first-order valence-corrected chi connectivity index (χ1v) is 8.79. The van der Waals surface area contributed by atoms with Crippen molar-refractivity contribution in [2.45, 2.75) is 39.2 Å². The summed E-state index contributed by atoms with van der Waals surface area (Å²) in [4.78, 5) is 0.132. The van der Waals surface area contributed by atoms with Gasteiger partial charge in [-0.05, 0) is 40.5 Å². The number of aliphatic hydroxyl groups is 1. The second-order valence-corrected chi connectivity index (χ2v) is 8.93. The zero-order chi connectivity index (χ0) is 16.1. The quantitative estimate of drug-likeness (QED) is 0.872. The van der Waals surface area contributed by atoms with Crippen molar-refractivity contribution in [3.63, 3.8) is 0 Å². The number of halogens is 1. The van der Waals surface area contributed by atoms with Crippen LogP contribution in [0.1, 0.15) is 33.3 Å². The molecule has 4 nitrogen and oxygen atoms in total. The summed E-state index contributed by atoms with van der Waals surface area (Å²) in [5, 5.41) is 9.54. The van der Waals surface area contributed by atoms with Gasteiger partial charge >= 0.3 is 0 Å². The fourth-order valence-electron chi connectivity index (χ4n) is 2.96. The van der Waals surface area contributed by atoms with Gasteiger partial charge in [-0.15, -0.1) is 0 Å². The predicted molar refractivity (Wildman–Crippen MR) is 83.6 cm³/mol. The average molecular weight is 332 g/mol. The fraction of sp³-hybridized carbons (Fsp3) is 0.600. The maximum absolute atomic E-state index is 12.3. The van der Waals surface area contributed by atoms with Crippen molar-refractivity contribution < 1.29 is 13.5 Å². The summed E-state index contributed by atoms with van der Waals surface area (Å²) in [6.07, 6.45) is 0. The van der Waals surface area contributed by atoms with E-state index in [4.69, 9.17) is 11.6 Å². The van der Waals surface area contributed by atoms with Gasteiger partial charge in [0, 0.05) is 11.6 Å². The summed E-state index contributed by atoms with van der Waals surface area (Å²) in [5.41, 5.74) is 0.670. The molecule has 2 N–H and O–H groups in total. The molecule has 0 saturated heterocycles. The third-order valence-corrected chi connectivity index (χ3v) is 7.08. The van der Waals surface area contributed by atoms with Gasteiger partial charge in [0.2, 0.25) is 10.0 Å². The van der Waals surface area contributed by atoms with Gasteiger partial charge in [-0.3, -0.25) is 0 Å². The van der Waals surface area contributed by atoms with Gasteiger partial charge in [0.1, 0.15) is 0 Å². The summed E-state index contributed by atoms with van der Waals surface area (Å²) in [7, 11) is -3.58. The Morgan fingerprint density at radius 1 is 1.24 bits per heavy atom. The lowest BCUT2D eigenvalue weighted by molar-refractivity contribution is 0.281. The topological polar surface area (TPSA) is 66.4 Å². The summed E-state index contributed by atoms with van der Waals surface area (Å²) in [5.74, 6) is 0.310. The van der Waals surface area contributed by atoms with E-state index >= 15 is 0 Å². The third kappa shape index (κ3) is 2.84. The van der Waals surface area contributed by atoms with Crippen LogP contribution in [0.15, 0.2) is 23.1 Å². The van der Waals surface area contributed by atoms with Crippen LogP contribution in [-0.2, 0) is 16.6 Å². The zero-order valence-corrected chi connectivity index (χ0v) is 14.3. The molecule has 0 radical (unpaired) electrons. The van der Waals surface area contributed by atoms with Crippen LogP contribution in [0.3, 0.4) is 0 Å². The van der Waals surface area contributed by atoms with Crippen molar-refractivity contribution >= 4 is 21.6 Å². The lowest BCUT2D eigenvalue weighted by Gasteiger charge is -2.09. The SMILES string of the molecule is CC1(C)C(CNS(=O)(=O)c2ccc(Cl)c(CO)c2)C1(C)C. The molecule has 0 aromatic heterocycles. The molecule has 21 heavy (non-hydrogen) atoms. The first-order chi connectivity index (χ1) is 9.54. The highest BCUT2D eigenvalue weighted by Crippen LogP contribution is 2.67. The van der Waals surface area contributed by atoms with Gasteiger partial charge in [-0.25, -0.2) is 13.1 Å². The maximum atomic E-state index is 12.3. The second-order valence-electron chi connectivity index (χ2n) is 6.76. The summed E-state index contributed by atoms with van der Waals surface area (Å²) >= 11 is 5.88. The van der Waals surface area contributed by atoms with Crippen molar-refractivity contribution in [2.24, 2.45) is 16.7 Å². The molecule has 0 amide bonds. The van der Waals surface area contributed by atoms with Gasteiger partial charge in [0.25, 0.3) is 0 Å². The summed E-state index contributed by atoms with van der Waals surface area (Å²) in [6, 6.07) is 4.35. The molecule has 6 heteroatoms. The molecule has 0 unspecified atom stereocenters. The van der Waals surface area contributed by atoms with Crippen LogP contribution in [0, 0.1) is 16.7 Å². The fourth-order valence-corrected chi connectivity index (χ4v) is 4.23. The van der Waals surface area contributed by atoms with Crippen LogP contribution in [0.5, 0.6) is 0 Å². The molecular weight excluding hydrogens is 310 g/mol. The normalized spacial score (nSPS) is 20.5. The standard InChI is InChI=1S/C15H22ClNO3S/c1-14(2)13(15(14,3)4)8-17-21(19,20)11-5-6-12(16)10(7-11)9-18/h5-7,13,17-18H,8-9H2,1-4H3. The van der Waals surface area contributed by atoms with Crippen molar-refractivity contribution in [1.82, 2.24) is 4.72 Å². The van der Waals surface area contributed by atoms with Crippen LogP contribution in [0.25, 0.3) is 0 Å². The molecule has 1 aliphatic rings. The van der Waals surface area contributed by atoms with E-state index in [1.165, 1.54) is 18.2 Å². The monoisotopic (exact) mass is 331 g/mol. The molecule has 1 aromatic carbocycles. The van der Waals surface area contributed by atoms with Crippen molar-refractivity contribution in [1.29, 1.82) is 0 Å². The highest BCUT2D eigenvalue weighted by molar-refractivity contribution is 7.89. The zero-order valence-electron chi connectivity index (χ0n) is 12.8. The molecule has 1 aliphatic carbocycles. The van der Waals surface area contributed by atoms with E-state index in [-0.39, 0.29) is 22.3 Å². The number of sulfonamides is 1. The van der Waals surface area contributed by atoms with E-state index in [1.807, 2.05) is 0 Å². The highest BCUT2D eigenvalue weighted by atomic mass is 35.5. The number of hydrogen-bond donors (Lipinski definition) is 2. The molecule has 1 aromatic rings. The molecule has 0 bridgehead atoms. The molecule has 2 rings (SSSR count). The van der Waals surface area contributed by atoms with Gasteiger partial charge in [-0.2, -0.15) is 0 Å². The van der Waals surface area contributed by atoms with Crippen molar-refractivity contribution in [2.75, 3.05) is 6.54 Å². The predicted octanol–water partition coefficient (Wildman–Crippen LogP) is 2.79. The van der Waals surface area contributed by atoms with Crippen molar-refractivity contribution in [3.8, 4) is 0 Å². The molecule has 1 fully saturated rings. The molecule has 0 atom stereocenters. The maximum Gasteiger partial charge on any atom is 0.240 e. The van der Waals surface area contributed by atoms with Crippen molar-refractivity contribution in [3.05, 3.63) is 28.8 Å². The first kappa shape index (κ1) is 16.7. The molecule has 0 heterocycles. The third-order valence-electron chi connectivity index (χ3n) is 5.29. The van der Waals surface area contributed by atoms with Gasteiger partial charge < -0.3 is 5.11 Å². The van der Waals surface area contributed by atoms with E-state index in [0.717, 1.165) is 0 Å².